The molecule has 0 fully saturated rings. The van der Waals surface area contributed by atoms with Gasteiger partial charge in [0.05, 0.1) is 12.8 Å². The third-order valence-corrected chi connectivity index (χ3v) is 3.42. The van der Waals surface area contributed by atoms with E-state index in [2.05, 4.69) is 6.58 Å². The molecule has 0 spiro atoms. The molecule has 1 aromatic carbocycles. The molecular formula is C17H19NO5. The van der Waals surface area contributed by atoms with E-state index >= 15 is 0 Å². The first kappa shape index (κ1) is 16.6. The van der Waals surface area contributed by atoms with E-state index in [0.717, 1.165) is 6.08 Å². The molecule has 6 nitrogen and oxygen atoms in total. The van der Waals surface area contributed by atoms with Gasteiger partial charge in [-0.2, -0.15) is 0 Å². The predicted molar refractivity (Wildman–Crippen MR) is 86.9 cm³/mol. The van der Waals surface area contributed by atoms with Crippen molar-refractivity contribution in [2.24, 2.45) is 0 Å². The summed E-state index contributed by atoms with van der Waals surface area (Å²) in [4.78, 5) is 24.8. The Morgan fingerprint density at radius 2 is 2.17 bits per heavy atom. The predicted octanol–water partition coefficient (Wildman–Crippen LogP) is 2.48. The standard InChI is InChI=1S/C17H19NO5/c1-5-8-18-12-9-11(6-7-14(19)20)10-13(22-4)15(12)23-17(2,3)16(18)21/h5-7,9-10H,1,8H2,2-4H3,(H,19,20)/b7-6+. The molecule has 0 unspecified atom stereocenters. The van der Waals surface area contributed by atoms with Crippen LogP contribution in [0.5, 0.6) is 11.5 Å². The minimum Gasteiger partial charge on any atom is -0.493 e. The van der Waals surface area contributed by atoms with Crippen LogP contribution in [0.25, 0.3) is 6.08 Å². The summed E-state index contributed by atoms with van der Waals surface area (Å²) < 4.78 is 11.2. The summed E-state index contributed by atoms with van der Waals surface area (Å²) in [5.41, 5.74) is 0.0913. The van der Waals surface area contributed by atoms with Gasteiger partial charge in [0, 0.05) is 12.6 Å². The number of ether oxygens (including phenoxy) is 2. The number of carboxylic acids is 1. The molecule has 0 atom stereocenters. The fraction of sp³-hybridized carbons (Fsp3) is 0.294. The molecule has 1 N–H and O–H groups in total. The molecule has 0 aliphatic carbocycles. The van der Waals surface area contributed by atoms with E-state index in [-0.39, 0.29) is 5.91 Å². The van der Waals surface area contributed by atoms with Gasteiger partial charge in [0.2, 0.25) is 0 Å². The summed E-state index contributed by atoms with van der Waals surface area (Å²) in [5.74, 6) is -0.377. The van der Waals surface area contributed by atoms with E-state index in [4.69, 9.17) is 14.6 Å². The molecule has 1 aliphatic rings. The molecule has 0 saturated heterocycles. The second-order valence-electron chi connectivity index (χ2n) is 5.56. The normalized spacial score (nSPS) is 16.0. The first-order valence-electron chi connectivity index (χ1n) is 7.05. The van der Waals surface area contributed by atoms with Gasteiger partial charge in [-0.1, -0.05) is 6.08 Å². The number of carbonyl (C=O) groups is 2. The van der Waals surface area contributed by atoms with Crippen LogP contribution in [0.3, 0.4) is 0 Å². The molecular weight excluding hydrogens is 298 g/mol. The Morgan fingerprint density at radius 1 is 1.48 bits per heavy atom. The van der Waals surface area contributed by atoms with Crippen LogP contribution in [0.2, 0.25) is 0 Å². The molecule has 2 rings (SSSR count). The molecule has 23 heavy (non-hydrogen) atoms. The lowest BCUT2D eigenvalue weighted by Crippen LogP contribution is -2.52. The molecule has 1 heterocycles. The second-order valence-corrected chi connectivity index (χ2v) is 5.56. The van der Waals surface area contributed by atoms with Gasteiger partial charge >= 0.3 is 5.97 Å². The number of carbonyl (C=O) groups excluding carboxylic acids is 1. The molecule has 1 aromatic rings. The van der Waals surface area contributed by atoms with Crippen LogP contribution in [0.15, 0.2) is 30.9 Å². The van der Waals surface area contributed by atoms with E-state index in [1.165, 1.54) is 13.2 Å². The van der Waals surface area contributed by atoms with E-state index in [1.54, 1.807) is 37.0 Å². The second kappa shape index (κ2) is 6.16. The van der Waals surface area contributed by atoms with Crippen molar-refractivity contribution < 1.29 is 24.2 Å². The van der Waals surface area contributed by atoms with E-state index in [1.807, 2.05) is 0 Å². The lowest BCUT2D eigenvalue weighted by molar-refractivity contribution is -0.132. The van der Waals surface area contributed by atoms with Gasteiger partial charge in [-0.3, -0.25) is 4.79 Å². The SMILES string of the molecule is C=CCN1C(=O)C(C)(C)Oc2c(OC)cc(/C=C/C(=O)O)cc21. The number of anilines is 1. The van der Waals surface area contributed by atoms with Gasteiger partial charge in [-0.05, 0) is 37.6 Å². The number of benzene rings is 1. The van der Waals surface area contributed by atoms with Crippen molar-refractivity contribution in [1.29, 1.82) is 0 Å². The summed E-state index contributed by atoms with van der Waals surface area (Å²) in [6.45, 7) is 7.36. The quantitative estimate of drug-likeness (QED) is 0.667. The molecule has 0 aromatic heterocycles. The number of amides is 1. The summed E-state index contributed by atoms with van der Waals surface area (Å²) in [6.07, 6.45) is 4.07. The Morgan fingerprint density at radius 3 is 2.74 bits per heavy atom. The van der Waals surface area contributed by atoms with Crippen LogP contribution in [0, 0.1) is 0 Å². The fourth-order valence-corrected chi connectivity index (χ4v) is 2.37. The first-order chi connectivity index (χ1) is 10.8. The van der Waals surface area contributed by atoms with Gasteiger partial charge in [0.1, 0.15) is 0 Å². The molecule has 1 aliphatic heterocycles. The van der Waals surface area contributed by atoms with Crippen molar-refractivity contribution in [3.05, 3.63) is 36.4 Å². The zero-order chi connectivity index (χ0) is 17.2. The maximum Gasteiger partial charge on any atom is 0.328 e. The number of hydrogen-bond acceptors (Lipinski definition) is 4. The molecule has 0 bridgehead atoms. The van der Waals surface area contributed by atoms with Crippen molar-refractivity contribution in [3.8, 4) is 11.5 Å². The largest absolute Gasteiger partial charge is 0.493 e. The Kier molecular flexibility index (Phi) is 4.45. The number of hydrogen-bond donors (Lipinski definition) is 1. The summed E-state index contributed by atoms with van der Waals surface area (Å²) >= 11 is 0. The average molecular weight is 317 g/mol. The zero-order valence-corrected chi connectivity index (χ0v) is 13.3. The van der Waals surface area contributed by atoms with Crippen molar-refractivity contribution in [3.63, 3.8) is 0 Å². The lowest BCUT2D eigenvalue weighted by Gasteiger charge is -2.39. The molecule has 1 amide bonds. The Labute approximate surface area is 134 Å². The van der Waals surface area contributed by atoms with Gasteiger partial charge < -0.3 is 19.5 Å². The van der Waals surface area contributed by atoms with E-state index in [9.17, 15) is 9.59 Å². The number of nitrogens with zero attached hydrogens (tertiary/aromatic N) is 1. The number of carboxylic acid groups (broad SMARTS) is 1. The maximum atomic E-state index is 12.6. The summed E-state index contributed by atoms with van der Waals surface area (Å²) in [7, 11) is 1.49. The van der Waals surface area contributed by atoms with Crippen LogP contribution in [-0.2, 0) is 9.59 Å². The molecule has 6 heteroatoms. The van der Waals surface area contributed by atoms with Gasteiger partial charge in [-0.15, -0.1) is 6.58 Å². The van der Waals surface area contributed by atoms with Crippen molar-refractivity contribution in [2.75, 3.05) is 18.6 Å². The minimum atomic E-state index is -1.06. The van der Waals surface area contributed by atoms with Gasteiger partial charge in [0.15, 0.2) is 17.1 Å². The zero-order valence-electron chi connectivity index (χ0n) is 13.3. The minimum absolute atomic E-state index is 0.202. The summed E-state index contributed by atoms with van der Waals surface area (Å²) in [6, 6.07) is 3.35. The van der Waals surface area contributed by atoms with Crippen LogP contribution in [0.4, 0.5) is 5.69 Å². The van der Waals surface area contributed by atoms with Crippen LogP contribution < -0.4 is 14.4 Å². The highest BCUT2D eigenvalue weighted by Gasteiger charge is 2.42. The van der Waals surface area contributed by atoms with Gasteiger partial charge in [0.25, 0.3) is 5.91 Å². The topological polar surface area (TPSA) is 76.1 Å². The number of rotatable bonds is 5. The number of aliphatic carboxylic acids is 1. The van der Waals surface area contributed by atoms with Crippen molar-refractivity contribution in [1.82, 2.24) is 0 Å². The first-order valence-corrected chi connectivity index (χ1v) is 7.05. The monoisotopic (exact) mass is 317 g/mol. The maximum absolute atomic E-state index is 12.6. The van der Waals surface area contributed by atoms with Crippen LogP contribution in [0.1, 0.15) is 19.4 Å². The smallest absolute Gasteiger partial charge is 0.328 e. The highest BCUT2D eigenvalue weighted by atomic mass is 16.5. The summed E-state index contributed by atoms with van der Waals surface area (Å²) in [5, 5.41) is 8.77. The van der Waals surface area contributed by atoms with E-state index < -0.39 is 11.6 Å². The third kappa shape index (κ3) is 3.21. The number of fused-ring (bicyclic) bond motifs is 1. The Hall–Kier alpha value is -2.76. The number of methoxy groups -OCH3 is 1. The average Bonchev–Trinajstić information content (AvgIpc) is 2.49. The molecule has 0 radical (unpaired) electrons. The van der Waals surface area contributed by atoms with Crippen LogP contribution >= 0.6 is 0 Å². The molecule has 0 saturated carbocycles. The Bertz CT molecular complexity index is 690. The van der Waals surface area contributed by atoms with Gasteiger partial charge in [-0.25, -0.2) is 4.79 Å². The highest BCUT2D eigenvalue weighted by molar-refractivity contribution is 6.03. The third-order valence-electron chi connectivity index (χ3n) is 3.42. The Balaban J connectivity index is 2.62. The van der Waals surface area contributed by atoms with E-state index in [0.29, 0.717) is 29.3 Å². The van der Waals surface area contributed by atoms with Crippen molar-refractivity contribution >= 4 is 23.6 Å². The van der Waals surface area contributed by atoms with Crippen LogP contribution in [-0.4, -0.2) is 36.2 Å². The fourth-order valence-electron chi connectivity index (χ4n) is 2.37. The molecule has 122 valence electrons. The highest BCUT2D eigenvalue weighted by Crippen LogP contribution is 2.45. The van der Waals surface area contributed by atoms with Crippen molar-refractivity contribution in [2.45, 2.75) is 19.4 Å². The lowest BCUT2D eigenvalue weighted by atomic mass is 10.0.